The molecule has 1 N–H and O–H groups in total. The van der Waals surface area contributed by atoms with Crippen LogP contribution >= 0.6 is 0 Å². The molecule has 0 saturated heterocycles. The number of carbonyl (C=O) groups is 1. The number of carbonyl (C=O) groups excluding carboxylic acids is 1. The Morgan fingerprint density at radius 2 is 2.00 bits per heavy atom. The normalized spacial score (nSPS) is 12.5. The number of benzene rings is 1. The van der Waals surface area contributed by atoms with E-state index < -0.39 is 0 Å². The van der Waals surface area contributed by atoms with Crippen LogP contribution in [0.5, 0.6) is 0 Å². The molecule has 6 nitrogen and oxygen atoms in total. The first kappa shape index (κ1) is 16.1. The third-order valence-electron chi connectivity index (χ3n) is 3.48. The van der Waals surface area contributed by atoms with Crippen LogP contribution in [0.2, 0.25) is 0 Å². The molecule has 1 heterocycles. The van der Waals surface area contributed by atoms with Gasteiger partial charge in [-0.1, -0.05) is 0 Å². The lowest BCUT2D eigenvalue weighted by molar-refractivity contribution is 0.0933. The Balaban J connectivity index is 2.12. The average Bonchev–Trinajstić information content (AvgIpc) is 2.87. The van der Waals surface area contributed by atoms with E-state index in [4.69, 9.17) is 0 Å². The Morgan fingerprint density at radius 3 is 2.59 bits per heavy atom. The third kappa shape index (κ3) is 3.67. The second kappa shape index (κ2) is 6.65. The highest BCUT2D eigenvalue weighted by Gasteiger charge is 2.16. The predicted molar refractivity (Wildman–Crippen MR) is 81.5 cm³/mol. The Morgan fingerprint density at radius 1 is 1.36 bits per heavy atom. The van der Waals surface area contributed by atoms with Gasteiger partial charge in [-0.3, -0.25) is 4.79 Å². The van der Waals surface area contributed by atoms with E-state index >= 15 is 0 Å². The summed E-state index contributed by atoms with van der Waals surface area (Å²) in [5.74, 6) is 0.0278. The van der Waals surface area contributed by atoms with Gasteiger partial charge in [0.25, 0.3) is 5.91 Å². The number of amides is 1. The molecule has 1 amide bonds. The van der Waals surface area contributed by atoms with Crippen molar-refractivity contribution in [3.8, 4) is 5.69 Å². The van der Waals surface area contributed by atoms with Crippen molar-refractivity contribution in [3.05, 3.63) is 41.7 Å². The molecule has 0 aliphatic rings. The van der Waals surface area contributed by atoms with E-state index in [1.165, 1.54) is 16.8 Å². The van der Waals surface area contributed by atoms with Crippen molar-refractivity contribution in [2.24, 2.45) is 0 Å². The minimum atomic E-state index is -0.322. The first-order valence-electron chi connectivity index (χ1n) is 7.02. The third-order valence-corrected chi connectivity index (χ3v) is 3.48. The Bertz CT molecular complexity index is 650. The fourth-order valence-corrected chi connectivity index (χ4v) is 1.82. The molecule has 0 aliphatic carbocycles. The molecule has 1 atom stereocenters. The molecule has 118 valence electrons. The van der Waals surface area contributed by atoms with Gasteiger partial charge >= 0.3 is 0 Å². The quantitative estimate of drug-likeness (QED) is 0.907. The lowest BCUT2D eigenvalue weighted by Gasteiger charge is -2.19. The van der Waals surface area contributed by atoms with Gasteiger partial charge in [-0.15, -0.1) is 5.10 Å². The number of halogens is 1. The molecule has 0 aliphatic heterocycles. The number of rotatable bonds is 5. The zero-order valence-corrected chi connectivity index (χ0v) is 13.2. The molecule has 0 radical (unpaired) electrons. The molecule has 2 rings (SSSR count). The monoisotopic (exact) mass is 305 g/mol. The Hall–Kier alpha value is -2.28. The minimum Gasteiger partial charge on any atom is -0.348 e. The van der Waals surface area contributed by atoms with Crippen LogP contribution in [0.15, 0.2) is 24.3 Å². The lowest BCUT2D eigenvalue weighted by Crippen LogP contribution is -2.38. The summed E-state index contributed by atoms with van der Waals surface area (Å²) in [7, 11) is 3.89. The van der Waals surface area contributed by atoms with Crippen LogP contribution in [0.4, 0.5) is 4.39 Å². The molecule has 0 fully saturated rings. The van der Waals surface area contributed by atoms with Gasteiger partial charge in [0.05, 0.1) is 5.69 Å². The zero-order chi connectivity index (χ0) is 16.3. The zero-order valence-electron chi connectivity index (χ0n) is 13.2. The van der Waals surface area contributed by atoms with Crippen LogP contribution in [-0.4, -0.2) is 52.3 Å². The SMILES string of the molecule is Cc1nc(C(=O)NCC(C)N(C)C)nn1-c1ccc(F)cc1. The highest BCUT2D eigenvalue weighted by molar-refractivity contribution is 5.90. The average molecular weight is 305 g/mol. The molecule has 0 spiro atoms. The molecular formula is C15H20FN5O. The summed E-state index contributed by atoms with van der Waals surface area (Å²) in [6, 6.07) is 6.08. The summed E-state index contributed by atoms with van der Waals surface area (Å²) in [5.41, 5.74) is 0.659. The smallest absolute Gasteiger partial charge is 0.291 e. The summed E-state index contributed by atoms with van der Waals surface area (Å²) >= 11 is 0. The van der Waals surface area contributed by atoms with Gasteiger partial charge in [-0.25, -0.2) is 14.1 Å². The van der Waals surface area contributed by atoms with Crippen LogP contribution in [-0.2, 0) is 0 Å². The molecule has 22 heavy (non-hydrogen) atoms. The van der Waals surface area contributed by atoms with Gasteiger partial charge in [0.15, 0.2) is 0 Å². The number of hydrogen-bond acceptors (Lipinski definition) is 4. The predicted octanol–water partition coefficient (Wildman–Crippen LogP) is 1.39. The van der Waals surface area contributed by atoms with Crippen molar-refractivity contribution in [2.75, 3.05) is 20.6 Å². The van der Waals surface area contributed by atoms with Gasteiger partial charge < -0.3 is 10.2 Å². The second-order valence-corrected chi connectivity index (χ2v) is 5.39. The Kier molecular flexibility index (Phi) is 4.87. The standard InChI is InChI=1S/C15H20FN5O/c1-10(20(3)4)9-17-15(22)14-18-11(2)21(19-14)13-7-5-12(16)6-8-13/h5-8,10H,9H2,1-4H3,(H,17,22). The summed E-state index contributed by atoms with van der Waals surface area (Å²) in [5, 5.41) is 6.99. The van der Waals surface area contributed by atoms with Crippen molar-refractivity contribution in [1.82, 2.24) is 25.0 Å². The highest BCUT2D eigenvalue weighted by Crippen LogP contribution is 2.10. The van der Waals surface area contributed by atoms with Gasteiger partial charge in [0.2, 0.25) is 5.82 Å². The summed E-state index contributed by atoms with van der Waals surface area (Å²) in [6.07, 6.45) is 0. The van der Waals surface area contributed by atoms with Crippen molar-refractivity contribution < 1.29 is 9.18 Å². The van der Waals surface area contributed by atoms with E-state index in [0.29, 0.717) is 18.1 Å². The van der Waals surface area contributed by atoms with Crippen LogP contribution in [0, 0.1) is 12.7 Å². The van der Waals surface area contributed by atoms with Crippen molar-refractivity contribution in [1.29, 1.82) is 0 Å². The van der Waals surface area contributed by atoms with Crippen molar-refractivity contribution in [3.63, 3.8) is 0 Å². The number of hydrogen-bond donors (Lipinski definition) is 1. The van der Waals surface area contributed by atoms with Crippen molar-refractivity contribution >= 4 is 5.91 Å². The van der Waals surface area contributed by atoms with E-state index in [0.717, 1.165) is 0 Å². The molecule has 2 aromatic rings. The summed E-state index contributed by atoms with van der Waals surface area (Å²) < 4.78 is 14.5. The fourth-order valence-electron chi connectivity index (χ4n) is 1.82. The summed E-state index contributed by atoms with van der Waals surface area (Å²) in [4.78, 5) is 18.3. The van der Waals surface area contributed by atoms with Crippen LogP contribution < -0.4 is 5.32 Å². The summed E-state index contributed by atoms with van der Waals surface area (Å²) in [6.45, 7) is 4.27. The number of aryl methyl sites for hydroxylation is 1. The minimum absolute atomic E-state index is 0.104. The van der Waals surface area contributed by atoms with E-state index in [9.17, 15) is 9.18 Å². The van der Waals surface area contributed by atoms with Crippen LogP contribution in [0.25, 0.3) is 5.69 Å². The largest absolute Gasteiger partial charge is 0.348 e. The van der Waals surface area contributed by atoms with E-state index in [2.05, 4.69) is 15.4 Å². The van der Waals surface area contributed by atoms with Crippen LogP contribution in [0.3, 0.4) is 0 Å². The topological polar surface area (TPSA) is 63.1 Å². The number of nitrogens with one attached hydrogen (secondary N) is 1. The molecule has 0 saturated carbocycles. The second-order valence-electron chi connectivity index (χ2n) is 5.39. The maximum Gasteiger partial charge on any atom is 0.291 e. The molecule has 7 heteroatoms. The first-order chi connectivity index (χ1) is 10.4. The van der Waals surface area contributed by atoms with E-state index in [1.807, 2.05) is 25.9 Å². The molecule has 1 aromatic carbocycles. The maximum absolute atomic E-state index is 13.0. The van der Waals surface area contributed by atoms with Crippen molar-refractivity contribution in [2.45, 2.75) is 19.9 Å². The first-order valence-corrected chi connectivity index (χ1v) is 7.02. The highest BCUT2D eigenvalue weighted by atomic mass is 19.1. The Labute approximate surface area is 129 Å². The molecule has 1 unspecified atom stereocenters. The number of aromatic nitrogens is 3. The van der Waals surface area contributed by atoms with Gasteiger partial charge in [-0.05, 0) is 52.2 Å². The molecule has 0 bridgehead atoms. The van der Waals surface area contributed by atoms with Gasteiger partial charge in [-0.2, -0.15) is 0 Å². The molecule has 1 aromatic heterocycles. The lowest BCUT2D eigenvalue weighted by atomic mass is 10.3. The maximum atomic E-state index is 13.0. The van der Waals surface area contributed by atoms with Crippen LogP contribution in [0.1, 0.15) is 23.4 Å². The van der Waals surface area contributed by atoms with E-state index in [-0.39, 0.29) is 23.6 Å². The van der Waals surface area contributed by atoms with E-state index in [1.54, 1.807) is 19.1 Å². The van der Waals surface area contributed by atoms with Gasteiger partial charge in [0, 0.05) is 12.6 Å². The number of nitrogens with zero attached hydrogens (tertiary/aromatic N) is 4. The molecular weight excluding hydrogens is 285 g/mol. The number of likely N-dealkylation sites (N-methyl/N-ethyl adjacent to an activating group) is 1. The fraction of sp³-hybridized carbons (Fsp3) is 0.400. The van der Waals surface area contributed by atoms with Gasteiger partial charge in [0.1, 0.15) is 11.6 Å².